The summed E-state index contributed by atoms with van der Waals surface area (Å²) in [6.45, 7) is 3.05. The van der Waals surface area contributed by atoms with Crippen LogP contribution < -0.4 is 10.6 Å². The minimum absolute atomic E-state index is 0.00572. The summed E-state index contributed by atoms with van der Waals surface area (Å²) < 4.78 is 1.20. The first-order valence-corrected chi connectivity index (χ1v) is 8.03. The molecule has 1 saturated heterocycles. The van der Waals surface area contributed by atoms with E-state index in [-0.39, 0.29) is 11.9 Å². The van der Waals surface area contributed by atoms with Crippen LogP contribution in [0.15, 0.2) is 18.2 Å². The van der Waals surface area contributed by atoms with Gasteiger partial charge >= 0.3 is 0 Å². The fraction of sp³-hybridized carbons (Fsp3) is 0.533. The van der Waals surface area contributed by atoms with Gasteiger partial charge in [0.25, 0.3) is 0 Å². The molecule has 1 saturated carbocycles. The Hall–Kier alpha value is -0.620. The Kier molecular flexibility index (Phi) is 3.80. The quantitative estimate of drug-likeness (QED) is 0.787. The van der Waals surface area contributed by atoms with Crippen molar-refractivity contribution < 1.29 is 4.79 Å². The van der Waals surface area contributed by atoms with Gasteiger partial charge in [-0.25, -0.2) is 0 Å². The van der Waals surface area contributed by atoms with Crippen molar-refractivity contribution in [3.63, 3.8) is 0 Å². The maximum atomic E-state index is 12.4. The minimum Gasteiger partial charge on any atom is -0.324 e. The van der Waals surface area contributed by atoms with E-state index in [0.717, 1.165) is 17.8 Å². The second-order valence-electron chi connectivity index (χ2n) is 5.69. The molecule has 1 aliphatic heterocycles. The lowest BCUT2D eigenvalue weighted by Gasteiger charge is -2.18. The maximum absolute atomic E-state index is 12.4. The zero-order valence-electron chi connectivity index (χ0n) is 11.1. The number of amides is 1. The molecule has 3 atom stereocenters. The van der Waals surface area contributed by atoms with E-state index >= 15 is 0 Å². The summed E-state index contributed by atoms with van der Waals surface area (Å²) in [6.07, 6.45) is 3.76. The lowest BCUT2D eigenvalue weighted by molar-refractivity contribution is -0.118. The standard InChI is InChI=1S/C15H19IN2O/c1-9-7-11(16)5-6-13(9)18-15(19)14-12-4-2-3-10(12)8-17-14/h5-7,10,12,14,17H,2-4,8H2,1H3,(H,18,19). The number of carbonyl (C=O) groups excluding carboxylic acids is 1. The van der Waals surface area contributed by atoms with Crippen molar-refractivity contribution in [3.05, 3.63) is 27.3 Å². The molecule has 3 rings (SSSR count). The zero-order chi connectivity index (χ0) is 13.4. The third kappa shape index (κ3) is 2.65. The second-order valence-corrected chi connectivity index (χ2v) is 6.93. The first kappa shape index (κ1) is 13.4. The van der Waals surface area contributed by atoms with E-state index in [1.165, 1.54) is 22.8 Å². The molecule has 2 aliphatic rings. The predicted octanol–water partition coefficient (Wildman–Crippen LogP) is 2.93. The van der Waals surface area contributed by atoms with E-state index in [2.05, 4.69) is 39.3 Å². The smallest absolute Gasteiger partial charge is 0.241 e. The first-order valence-electron chi connectivity index (χ1n) is 6.95. The Morgan fingerprint density at radius 2 is 2.26 bits per heavy atom. The molecular formula is C15H19IN2O. The molecule has 4 heteroatoms. The molecule has 0 aromatic heterocycles. The van der Waals surface area contributed by atoms with Gasteiger partial charge in [0.1, 0.15) is 0 Å². The molecular weight excluding hydrogens is 351 g/mol. The molecule has 3 nitrogen and oxygen atoms in total. The van der Waals surface area contributed by atoms with E-state index < -0.39 is 0 Å². The van der Waals surface area contributed by atoms with Gasteiger partial charge in [0.2, 0.25) is 5.91 Å². The summed E-state index contributed by atoms with van der Waals surface area (Å²) in [6, 6.07) is 6.13. The monoisotopic (exact) mass is 370 g/mol. The number of aryl methyl sites for hydroxylation is 1. The van der Waals surface area contributed by atoms with Crippen molar-refractivity contribution in [1.82, 2.24) is 5.32 Å². The van der Waals surface area contributed by atoms with Gasteiger partial charge in [-0.2, -0.15) is 0 Å². The predicted molar refractivity (Wildman–Crippen MR) is 85.1 cm³/mol. The molecule has 102 valence electrons. The number of carbonyl (C=O) groups is 1. The van der Waals surface area contributed by atoms with Crippen molar-refractivity contribution in [1.29, 1.82) is 0 Å². The molecule has 1 aliphatic carbocycles. The topological polar surface area (TPSA) is 41.1 Å². The molecule has 3 unspecified atom stereocenters. The van der Waals surface area contributed by atoms with Crippen LogP contribution in [0.1, 0.15) is 24.8 Å². The summed E-state index contributed by atoms with van der Waals surface area (Å²) in [4.78, 5) is 12.4. The lowest BCUT2D eigenvalue weighted by atomic mass is 9.93. The van der Waals surface area contributed by atoms with Crippen LogP contribution in [0.5, 0.6) is 0 Å². The number of hydrogen-bond donors (Lipinski definition) is 2. The molecule has 2 fully saturated rings. The SMILES string of the molecule is Cc1cc(I)ccc1NC(=O)C1NCC2CCCC21. The summed E-state index contributed by atoms with van der Waals surface area (Å²) in [7, 11) is 0. The Bertz CT molecular complexity index is 503. The van der Waals surface area contributed by atoms with E-state index in [1.807, 2.05) is 19.1 Å². The molecule has 2 N–H and O–H groups in total. The number of nitrogens with one attached hydrogen (secondary N) is 2. The molecule has 0 bridgehead atoms. The average molecular weight is 370 g/mol. The third-order valence-corrected chi connectivity index (χ3v) is 5.15. The highest BCUT2D eigenvalue weighted by Crippen LogP contribution is 2.38. The number of halogens is 1. The van der Waals surface area contributed by atoms with Gasteiger partial charge < -0.3 is 10.6 Å². The molecule has 1 aromatic carbocycles. The largest absolute Gasteiger partial charge is 0.324 e. The number of fused-ring (bicyclic) bond motifs is 1. The van der Waals surface area contributed by atoms with Gasteiger partial charge in [-0.1, -0.05) is 6.42 Å². The summed E-state index contributed by atoms with van der Waals surface area (Å²) >= 11 is 2.29. The van der Waals surface area contributed by atoms with Gasteiger partial charge in [0.05, 0.1) is 6.04 Å². The van der Waals surface area contributed by atoms with Crippen LogP contribution >= 0.6 is 22.6 Å². The number of anilines is 1. The van der Waals surface area contributed by atoms with Crippen molar-refractivity contribution in [3.8, 4) is 0 Å². The van der Waals surface area contributed by atoms with Crippen LogP contribution in [0.2, 0.25) is 0 Å². The van der Waals surface area contributed by atoms with Gasteiger partial charge in [0.15, 0.2) is 0 Å². The fourth-order valence-corrected chi connectivity index (χ4v) is 4.10. The van der Waals surface area contributed by atoms with E-state index in [9.17, 15) is 4.79 Å². The van der Waals surface area contributed by atoms with Crippen molar-refractivity contribution in [2.45, 2.75) is 32.2 Å². The van der Waals surface area contributed by atoms with Crippen LogP contribution in [0.25, 0.3) is 0 Å². The van der Waals surface area contributed by atoms with Crippen molar-refractivity contribution in [2.24, 2.45) is 11.8 Å². The Balaban J connectivity index is 1.71. The highest BCUT2D eigenvalue weighted by atomic mass is 127. The highest BCUT2D eigenvalue weighted by Gasteiger charge is 2.42. The Morgan fingerprint density at radius 1 is 1.42 bits per heavy atom. The number of benzene rings is 1. The molecule has 1 amide bonds. The van der Waals surface area contributed by atoms with Crippen molar-refractivity contribution in [2.75, 3.05) is 11.9 Å². The molecule has 0 spiro atoms. The van der Waals surface area contributed by atoms with Crippen LogP contribution in [0.3, 0.4) is 0 Å². The summed E-state index contributed by atoms with van der Waals surface area (Å²) in [5, 5.41) is 6.48. The number of hydrogen-bond acceptors (Lipinski definition) is 2. The molecule has 0 radical (unpaired) electrons. The number of rotatable bonds is 2. The van der Waals surface area contributed by atoms with E-state index in [1.54, 1.807) is 0 Å². The van der Waals surface area contributed by atoms with Gasteiger partial charge in [0, 0.05) is 9.26 Å². The Morgan fingerprint density at radius 3 is 3.05 bits per heavy atom. The fourth-order valence-electron chi connectivity index (χ4n) is 3.45. The minimum atomic E-state index is 0.00572. The van der Waals surface area contributed by atoms with Crippen molar-refractivity contribution >= 4 is 34.2 Å². The van der Waals surface area contributed by atoms with Gasteiger partial charge in [-0.05, 0) is 84.5 Å². The van der Waals surface area contributed by atoms with E-state index in [4.69, 9.17) is 0 Å². The average Bonchev–Trinajstić information content (AvgIpc) is 2.94. The van der Waals surface area contributed by atoms with Crippen LogP contribution in [0, 0.1) is 22.3 Å². The highest BCUT2D eigenvalue weighted by molar-refractivity contribution is 14.1. The van der Waals surface area contributed by atoms with Crippen LogP contribution in [-0.2, 0) is 4.79 Å². The molecule has 1 heterocycles. The third-order valence-electron chi connectivity index (χ3n) is 4.47. The van der Waals surface area contributed by atoms with Gasteiger partial charge in [-0.15, -0.1) is 0 Å². The first-order chi connectivity index (χ1) is 9.15. The van der Waals surface area contributed by atoms with Crippen LogP contribution in [-0.4, -0.2) is 18.5 Å². The second kappa shape index (κ2) is 5.40. The van der Waals surface area contributed by atoms with Gasteiger partial charge in [-0.3, -0.25) is 4.79 Å². The summed E-state index contributed by atoms with van der Waals surface area (Å²) in [5.74, 6) is 1.40. The molecule has 19 heavy (non-hydrogen) atoms. The Labute approximate surface area is 127 Å². The van der Waals surface area contributed by atoms with E-state index in [0.29, 0.717) is 11.8 Å². The summed E-state index contributed by atoms with van der Waals surface area (Å²) in [5.41, 5.74) is 2.06. The van der Waals surface area contributed by atoms with Crippen LogP contribution in [0.4, 0.5) is 5.69 Å². The maximum Gasteiger partial charge on any atom is 0.241 e. The zero-order valence-corrected chi connectivity index (χ0v) is 13.2. The lowest BCUT2D eigenvalue weighted by Crippen LogP contribution is -2.39. The normalized spacial score (nSPS) is 29.3. The molecule has 1 aromatic rings.